The second kappa shape index (κ2) is 8.83. The lowest BCUT2D eigenvalue weighted by Gasteiger charge is -2.23. The molecule has 0 bridgehead atoms. The molecule has 0 aliphatic rings. The summed E-state index contributed by atoms with van der Waals surface area (Å²) in [6.45, 7) is 4.93. The molecule has 0 heterocycles. The predicted octanol–water partition coefficient (Wildman–Crippen LogP) is 2.48. The summed E-state index contributed by atoms with van der Waals surface area (Å²) < 4.78 is 5.24. The first-order chi connectivity index (χ1) is 11.9. The third kappa shape index (κ3) is 5.73. The lowest BCUT2D eigenvalue weighted by Crippen LogP contribution is -3.07. The molecule has 0 unspecified atom stereocenters. The Morgan fingerprint density at radius 2 is 1.68 bits per heavy atom. The maximum atomic E-state index is 5.47. The van der Waals surface area contributed by atoms with Gasteiger partial charge < -0.3 is 20.3 Å². The van der Waals surface area contributed by atoms with Gasteiger partial charge in [0.2, 0.25) is 0 Å². The molecule has 0 saturated heterocycles. The average Bonchev–Trinajstić information content (AvgIpc) is 2.54. The summed E-state index contributed by atoms with van der Waals surface area (Å²) in [5.74, 6) is 0.872. The van der Waals surface area contributed by atoms with Gasteiger partial charge in [-0.15, -0.1) is 0 Å². The quantitative estimate of drug-likeness (QED) is 0.694. The minimum Gasteiger partial charge on any atom is -0.497 e. The van der Waals surface area contributed by atoms with Gasteiger partial charge in [-0.05, 0) is 73.6 Å². The van der Waals surface area contributed by atoms with Crippen LogP contribution in [0.5, 0.6) is 5.75 Å². The summed E-state index contributed by atoms with van der Waals surface area (Å²) in [7, 11) is 5.98. The van der Waals surface area contributed by atoms with Crippen molar-refractivity contribution in [1.29, 1.82) is 0 Å². The summed E-state index contributed by atoms with van der Waals surface area (Å²) in [5.41, 5.74) is 4.72. The van der Waals surface area contributed by atoms with E-state index < -0.39 is 0 Å². The predicted molar refractivity (Wildman–Crippen MR) is 109 cm³/mol. The Balaban J connectivity index is 1.99. The van der Waals surface area contributed by atoms with Crippen LogP contribution in [0.15, 0.2) is 42.5 Å². The van der Waals surface area contributed by atoms with Gasteiger partial charge in [-0.25, -0.2) is 0 Å². The maximum absolute atomic E-state index is 5.47. The number of hydrogen-bond acceptors (Lipinski definition) is 2. The van der Waals surface area contributed by atoms with Crippen molar-refractivity contribution in [3.8, 4) is 5.75 Å². The fourth-order valence-electron chi connectivity index (χ4n) is 2.91. The van der Waals surface area contributed by atoms with Gasteiger partial charge in [0.05, 0.1) is 27.7 Å². The van der Waals surface area contributed by atoms with Crippen LogP contribution in [0.4, 0.5) is 5.69 Å². The lowest BCUT2D eigenvalue weighted by molar-refractivity contribution is -0.890. The molecule has 5 heteroatoms. The third-order valence-corrected chi connectivity index (χ3v) is 4.41. The number of rotatable bonds is 6. The maximum Gasteiger partial charge on any atom is 0.171 e. The molecule has 25 heavy (non-hydrogen) atoms. The van der Waals surface area contributed by atoms with E-state index in [-0.39, 0.29) is 0 Å². The molecule has 2 aromatic rings. The number of quaternary nitrogens is 1. The fraction of sp³-hybridized carbons (Fsp3) is 0.350. The molecule has 0 radical (unpaired) electrons. The van der Waals surface area contributed by atoms with Crippen molar-refractivity contribution in [3.05, 3.63) is 59.2 Å². The van der Waals surface area contributed by atoms with Crippen molar-refractivity contribution in [2.24, 2.45) is 0 Å². The fourth-order valence-corrected chi connectivity index (χ4v) is 3.11. The monoisotopic (exact) mass is 358 g/mol. The number of nitrogens with one attached hydrogen (secondary N) is 3. The molecule has 0 aliphatic heterocycles. The Kier molecular flexibility index (Phi) is 6.79. The number of anilines is 1. The van der Waals surface area contributed by atoms with Gasteiger partial charge in [-0.3, -0.25) is 0 Å². The van der Waals surface area contributed by atoms with Gasteiger partial charge in [0.1, 0.15) is 11.8 Å². The first kappa shape index (κ1) is 19.2. The van der Waals surface area contributed by atoms with Crippen LogP contribution in [0.25, 0.3) is 0 Å². The number of methoxy groups -OCH3 is 1. The molecule has 0 saturated carbocycles. The summed E-state index contributed by atoms with van der Waals surface area (Å²) in [6.07, 6.45) is 0. The molecular weight excluding hydrogens is 330 g/mol. The van der Waals surface area contributed by atoms with Crippen LogP contribution in [-0.4, -0.2) is 32.9 Å². The normalized spacial score (nSPS) is 11.9. The smallest absolute Gasteiger partial charge is 0.171 e. The average molecular weight is 359 g/mol. The van der Waals surface area contributed by atoms with Crippen LogP contribution in [0.3, 0.4) is 0 Å². The van der Waals surface area contributed by atoms with Gasteiger partial charge >= 0.3 is 0 Å². The minimum absolute atomic E-state index is 0.296. The molecule has 0 aromatic heterocycles. The van der Waals surface area contributed by atoms with Crippen LogP contribution >= 0.6 is 12.2 Å². The van der Waals surface area contributed by atoms with Crippen molar-refractivity contribution in [2.75, 3.05) is 33.1 Å². The number of thiocarbonyl (C=S) groups is 1. The highest BCUT2D eigenvalue weighted by atomic mass is 32.1. The van der Waals surface area contributed by atoms with Crippen molar-refractivity contribution in [1.82, 2.24) is 5.32 Å². The second-order valence-corrected chi connectivity index (χ2v) is 7.02. The molecule has 0 fully saturated rings. The first-order valence-corrected chi connectivity index (χ1v) is 8.87. The van der Waals surface area contributed by atoms with Crippen LogP contribution in [-0.2, 0) is 0 Å². The Morgan fingerprint density at radius 1 is 1.08 bits per heavy atom. The van der Waals surface area contributed by atoms with Crippen LogP contribution in [0.1, 0.15) is 22.7 Å². The highest BCUT2D eigenvalue weighted by molar-refractivity contribution is 7.80. The van der Waals surface area contributed by atoms with Gasteiger partial charge in [-0.2, -0.15) is 0 Å². The molecule has 1 atom stereocenters. The number of ether oxygens (including phenoxy) is 1. The van der Waals surface area contributed by atoms with E-state index >= 15 is 0 Å². The zero-order valence-electron chi connectivity index (χ0n) is 15.6. The highest BCUT2D eigenvalue weighted by Gasteiger charge is 2.18. The summed E-state index contributed by atoms with van der Waals surface area (Å²) in [6, 6.07) is 14.9. The van der Waals surface area contributed by atoms with E-state index in [0.29, 0.717) is 11.2 Å². The van der Waals surface area contributed by atoms with Crippen LogP contribution in [0, 0.1) is 13.8 Å². The van der Waals surface area contributed by atoms with E-state index in [9.17, 15) is 0 Å². The number of aryl methyl sites for hydroxylation is 2. The highest BCUT2D eigenvalue weighted by Crippen LogP contribution is 2.16. The second-order valence-electron chi connectivity index (χ2n) is 6.61. The van der Waals surface area contributed by atoms with E-state index in [0.717, 1.165) is 18.0 Å². The van der Waals surface area contributed by atoms with E-state index in [1.54, 1.807) is 7.11 Å². The van der Waals surface area contributed by atoms with Crippen LogP contribution < -0.4 is 20.3 Å². The summed E-state index contributed by atoms with van der Waals surface area (Å²) in [5, 5.41) is 7.27. The molecule has 134 valence electrons. The van der Waals surface area contributed by atoms with Gasteiger partial charge in [0.25, 0.3) is 0 Å². The zero-order valence-corrected chi connectivity index (χ0v) is 16.5. The van der Waals surface area contributed by atoms with E-state index in [1.165, 1.54) is 21.6 Å². The number of likely N-dealkylation sites (N-methyl/N-ethyl adjacent to an activating group) is 1. The Hall–Kier alpha value is -2.11. The number of hydrogen-bond donors (Lipinski definition) is 3. The Labute approximate surface area is 156 Å². The third-order valence-electron chi connectivity index (χ3n) is 4.16. The lowest BCUT2D eigenvalue weighted by atomic mass is 10.1. The Morgan fingerprint density at radius 3 is 2.20 bits per heavy atom. The van der Waals surface area contributed by atoms with Gasteiger partial charge in [0.15, 0.2) is 5.11 Å². The van der Waals surface area contributed by atoms with Crippen molar-refractivity contribution >= 4 is 23.0 Å². The summed E-state index contributed by atoms with van der Waals surface area (Å²) in [4.78, 5) is 1.34. The minimum atomic E-state index is 0.296. The van der Waals surface area contributed by atoms with Crippen molar-refractivity contribution in [2.45, 2.75) is 19.9 Å². The molecule has 2 rings (SSSR count). The molecule has 0 aliphatic carbocycles. The molecule has 0 spiro atoms. The zero-order chi connectivity index (χ0) is 18.4. The topological polar surface area (TPSA) is 37.7 Å². The van der Waals surface area contributed by atoms with Crippen molar-refractivity contribution in [3.63, 3.8) is 0 Å². The standard InChI is InChI=1S/C20H27N3OS/c1-14-10-15(2)12-17(11-14)22-20(25)21-13-19(23(3)4)16-6-8-18(24-5)9-7-16/h6-12,19H,13H2,1-5H3,(H2,21,22,25)/p+1/t19-/m1/s1. The molecule has 0 amide bonds. The molecule has 2 aromatic carbocycles. The molecule has 4 nitrogen and oxygen atoms in total. The van der Waals surface area contributed by atoms with Gasteiger partial charge in [-0.1, -0.05) is 6.07 Å². The van der Waals surface area contributed by atoms with Crippen LogP contribution in [0.2, 0.25) is 0 Å². The number of benzene rings is 2. The van der Waals surface area contributed by atoms with E-state index in [2.05, 4.69) is 68.9 Å². The molecule has 3 N–H and O–H groups in total. The van der Waals surface area contributed by atoms with E-state index in [1.807, 2.05) is 12.1 Å². The largest absolute Gasteiger partial charge is 0.497 e. The SMILES string of the molecule is COc1ccc([C@@H](CNC(=S)Nc2cc(C)cc(C)c2)[NH+](C)C)cc1. The first-order valence-electron chi connectivity index (χ1n) is 8.46. The van der Waals surface area contributed by atoms with Crippen molar-refractivity contribution < 1.29 is 9.64 Å². The molecular formula is C20H28N3OS+. The summed E-state index contributed by atoms with van der Waals surface area (Å²) >= 11 is 5.47. The Bertz CT molecular complexity index is 693. The van der Waals surface area contributed by atoms with E-state index in [4.69, 9.17) is 17.0 Å². The van der Waals surface area contributed by atoms with Gasteiger partial charge in [0, 0.05) is 11.3 Å².